The molecule has 2 fully saturated rings. The Hall–Kier alpha value is -2.27. The minimum Gasteiger partial charge on any atom is -0.459 e. The Labute approximate surface area is 208 Å². The normalized spacial score (nSPS) is 32.6. The topological polar surface area (TPSA) is 125 Å². The summed E-state index contributed by atoms with van der Waals surface area (Å²) in [6.07, 6.45) is 3.06. The number of aromatic nitrogens is 1. The Kier molecular flexibility index (Phi) is 6.50. The number of hydrogen-bond acceptors (Lipinski definition) is 8. The molecule has 0 unspecified atom stereocenters. The van der Waals surface area contributed by atoms with Gasteiger partial charge in [-0.1, -0.05) is 13.8 Å². The summed E-state index contributed by atoms with van der Waals surface area (Å²) in [4.78, 5) is 33.7. The van der Waals surface area contributed by atoms with E-state index in [0.29, 0.717) is 50.7 Å². The van der Waals surface area contributed by atoms with Crippen LogP contribution in [0.5, 0.6) is 0 Å². The minimum absolute atomic E-state index is 0.0344. The van der Waals surface area contributed by atoms with Crippen LogP contribution >= 0.6 is 11.3 Å². The van der Waals surface area contributed by atoms with E-state index in [1.807, 2.05) is 11.8 Å². The molecule has 2 amide bonds. The average molecular weight is 504 g/mol. The lowest BCUT2D eigenvalue weighted by Crippen LogP contribution is -2.58. The number of fused-ring (bicyclic) bond motifs is 2. The van der Waals surface area contributed by atoms with Crippen LogP contribution in [0.15, 0.2) is 22.8 Å². The maximum atomic E-state index is 13.4. The van der Waals surface area contributed by atoms with E-state index in [1.165, 1.54) is 17.6 Å². The van der Waals surface area contributed by atoms with Crippen molar-refractivity contribution < 1.29 is 29.0 Å². The number of morpholine rings is 1. The third-order valence-corrected chi connectivity index (χ3v) is 9.61. The lowest BCUT2D eigenvalue weighted by Gasteiger charge is -2.58. The van der Waals surface area contributed by atoms with Gasteiger partial charge < -0.3 is 24.3 Å². The highest BCUT2D eigenvalue weighted by Crippen LogP contribution is 2.62. The van der Waals surface area contributed by atoms with Crippen LogP contribution in [0, 0.1) is 16.7 Å². The molecule has 2 aromatic rings. The summed E-state index contributed by atoms with van der Waals surface area (Å²) in [6, 6.07) is 3.25. The Bertz CT molecular complexity index is 1080. The van der Waals surface area contributed by atoms with Crippen LogP contribution in [-0.4, -0.2) is 70.9 Å². The zero-order valence-corrected chi connectivity index (χ0v) is 21.0. The van der Waals surface area contributed by atoms with Gasteiger partial charge in [0.1, 0.15) is 0 Å². The number of aliphatic hydroxyl groups excluding tert-OH is 2. The van der Waals surface area contributed by atoms with E-state index in [2.05, 4.69) is 12.2 Å². The maximum absolute atomic E-state index is 13.4. The molecular formula is C25H33N3O6S. The van der Waals surface area contributed by atoms with Gasteiger partial charge in [-0.05, 0) is 42.7 Å². The van der Waals surface area contributed by atoms with Crippen LogP contribution in [0.3, 0.4) is 0 Å². The lowest BCUT2D eigenvalue weighted by molar-refractivity contribution is -0.149. The predicted octanol–water partition coefficient (Wildman–Crippen LogP) is 2.65. The van der Waals surface area contributed by atoms with E-state index in [1.54, 1.807) is 12.1 Å². The number of hydrogen-bond donors (Lipinski definition) is 3. The number of thiazole rings is 1. The molecule has 1 saturated carbocycles. The fourth-order valence-electron chi connectivity index (χ4n) is 6.38. The van der Waals surface area contributed by atoms with Gasteiger partial charge in [0.25, 0.3) is 5.91 Å². The van der Waals surface area contributed by atoms with E-state index in [4.69, 9.17) is 14.1 Å². The number of anilines is 1. The third-order valence-electron chi connectivity index (χ3n) is 8.60. The first-order valence-corrected chi connectivity index (χ1v) is 13.1. The highest BCUT2D eigenvalue weighted by atomic mass is 32.1. The van der Waals surface area contributed by atoms with Gasteiger partial charge in [-0.25, -0.2) is 4.98 Å². The summed E-state index contributed by atoms with van der Waals surface area (Å²) in [6.45, 7) is 6.23. The summed E-state index contributed by atoms with van der Waals surface area (Å²) in [5, 5.41) is 24.6. The van der Waals surface area contributed by atoms with Crippen LogP contribution in [0.4, 0.5) is 5.13 Å². The summed E-state index contributed by atoms with van der Waals surface area (Å²) in [5.41, 5.74) is -0.170. The van der Waals surface area contributed by atoms with Crippen molar-refractivity contribution in [2.45, 2.75) is 51.6 Å². The van der Waals surface area contributed by atoms with Crippen LogP contribution in [0.1, 0.15) is 60.2 Å². The van der Waals surface area contributed by atoms with E-state index >= 15 is 0 Å². The summed E-state index contributed by atoms with van der Waals surface area (Å²) in [7, 11) is 0. The fraction of sp³-hybridized carbons (Fsp3) is 0.640. The number of ether oxygens (including phenoxy) is 1. The van der Waals surface area contributed by atoms with Crippen molar-refractivity contribution >= 4 is 28.3 Å². The number of carbonyl (C=O) groups is 2. The molecule has 0 aromatic carbocycles. The van der Waals surface area contributed by atoms with Gasteiger partial charge in [0.15, 0.2) is 10.9 Å². The molecule has 5 rings (SSSR count). The molecule has 0 radical (unpaired) electrons. The smallest absolute Gasteiger partial charge is 0.293 e. The zero-order chi connectivity index (χ0) is 24.8. The Morgan fingerprint density at radius 1 is 1.31 bits per heavy atom. The zero-order valence-electron chi connectivity index (χ0n) is 20.2. The lowest BCUT2D eigenvalue weighted by atomic mass is 9.47. The van der Waals surface area contributed by atoms with Crippen molar-refractivity contribution in [1.29, 1.82) is 0 Å². The molecule has 1 saturated heterocycles. The molecule has 2 aliphatic carbocycles. The second kappa shape index (κ2) is 9.31. The molecule has 9 nitrogen and oxygen atoms in total. The van der Waals surface area contributed by atoms with Gasteiger partial charge in [-0.15, -0.1) is 11.3 Å². The summed E-state index contributed by atoms with van der Waals surface area (Å²) < 4.78 is 10.6. The first kappa shape index (κ1) is 24.4. The number of amides is 2. The van der Waals surface area contributed by atoms with Crippen molar-refractivity contribution in [2.24, 2.45) is 16.7 Å². The van der Waals surface area contributed by atoms with Crippen LogP contribution in [0.2, 0.25) is 0 Å². The fourth-order valence-corrected chi connectivity index (χ4v) is 7.45. The average Bonchev–Trinajstić information content (AvgIpc) is 3.53. The second-order valence-electron chi connectivity index (χ2n) is 10.5. The molecule has 3 heterocycles. The predicted molar refractivity (Wildman–Crippen MR) is 129 cm³/mol. The SMILES string of the molecule is C[C@]1(CO)[C@H]2Cc3sc(NC(=O)c4ccco4)nc3[C@@H](CC(=O)N3CCOCC3)[C@]2(C)CC[C@H]1O. The largest absolute Gasteiger partial charge is 0.459 e. The molecular weight excluding hydrogens is 470 g/mol. The van der Waals surface area contributed by atoms with Crippen LogP contribution < -0.4 is 5.32 Å². The van der Waals surface area contributed by atoms with Crippen LogP contribution in [0.25, 0.3) is 0 Å². The summed E-state index contributed by atoms with van der Waals surface area (Å²) >= 11 is 1.40. The molecule has 35 heavy (non-hydrogen) atoms. The third kappa shape index (κ3) is 4.20. The number of nitrogens with one attached hydrogen (secondary N) is 1. The van der Waals surface area contributed by atoms with Gasteiger partial charge in [0.05, 0.1) is 37.9 Å². The van der Waals surface area contributed by atoms with Crippen molar-refractivity contribution in [1.82, 2.24) is 9.88 Å². The van der Waals surface area contributed by atoms with Gasteiger partial charge in [-0.3, -0.25) is 14.9 Å². The number of aliphatic hydroxyl groups is 2. The first-order chi connectivity index (χ1) is 16.8. The Morgan fingerprint density at radius 3 is 2.77 bits per heavy atom. The minimum atomic E-state index is -0.688. The maximum Gasteiger partial charge on any atom is 0.293 e. The monoisotopic (exact) mass is 503 g/mol. The highest BCUT2D eigenvalue weighted by Gasteiger charge is 2.59. The molecule has 0 bridgehead atoms. The van der Waals surface area contributed by atoms with E-state index in [9.17, 15) is 19.8 Å². The standard InChI is InChI=1S/C25H33N3O6S/c1-24-6-5-19(30)25(2,14-29)18(24)13-17-21(15(24)12-20(31)28-7-10-33-11-8-28)26-23(35-17)27-22(32)16-4-3-9-34-16/h3-4,9,15,18-19,29-30H,5-8,10-14H2,1-2H3,(H,26,27,32)/t15-,18+,19-,24+,25+/m1/s1. The molecule has 2 aromatic heterocycles. The number of rotatable bonds is 5. The molecule has 0 spiro atoms. The second-order valence-corrected chi connectivity index (χ2v) is 11.6. The molecule has 190 valence electrons. The number of furan rings is 1. The molecule has 10 heteroatoms. The van der Waals surface area contributed by atoms with Crippen molar-refractivity contribution in [3.63, 3.8) is 0 Å². The van der Waals surface area contributed by atoms with Gasteiger partial charge in [-0.2, -0.15) is 0 Å². The van der Waals surface area contributed by atoms with E-state index < -0.39 is 11.5 Å². The van der Waals surface area contributed by atoms with Crippen molar-refractivity contribution in [3.8, 4) is 0 Å². The van der Waals surface area contributed by atoms with Crippen LogP contribution in [-0.2, 0) is 16.0 Å². The summed E-state index contributed by atoms with van der Waals surface area (Å²) in [5.74, 6) is -0.324. The first-order valence-electron chi connectivity index (χ1n) is 12.2. The van der Waals surface area contributed by atoms with Crippen molar-refractivity contribution in [2.75, 3.05) is 38.2 Å². The van der Waals surface area contributed by atoms with E-state index in [-0.39, 0.29) is 41.4 Å². The van der Waals surface area contributed by atoms with Gasteiger partial charge in [0, 0.05) is 35.7 Å². The Balaban J connectivity index is 1.50. The number of nitrogens with zero attached hydrogens (tertiary/aromatic N) is 2. The Morgan fingerprint density at radius 2 is 2.09 bits per heavy atom. The molecule has 5 atom stereocenters. The van der Waals surface area contributed by atoms with Crippen molar-refractivity contribution in [3.05, 3.63) is 34.7 Å². The quantitative estimate of drug-likeness (QED) is 0.573. The highest BCUT2D eigenvalue weighted by molar-refractivity contribution is 7.15. The number of carbonyl (C=O) groups excluding carboxylic acids is 2. The van der Waals surface area contributed by atoms with Gasteiger partial charge in [0.2, 0.25) is 5.91 Å². The van der Waals surface area contributed by atoms with E-state index in [0.717, 1.165) is 17.0 Å². The molecule has 1 aliphatic heterocycles. The molecule has 3 aliphatic rings. The molecule has 3 N–H and O–H groups in total. The van der Waals surface area contributed by atoms with Gasteiger partial charge >= 0.3 is 0 Å².